The Labute approximate surface area is 163 Å². The fraction of sp³-hybridized carbons (Fsp3) is 0.571. The Kier molecular flexibility index (Phi) is 11.3. The molecule has 0 fully saturated rings. The Morgan fingerprint density at radius 2 is 1.50 bits per heavy atom. The maximum absolute atomic E-state index is 10.8. The van der Waals surface area contributed by atoms with Gasteiger partial charge in [-0.3, -0.25) is 18.2 Å². The van der Waals surface area contributed by atoms with Gasteiger partial charge in [0.05, 0.1) is 0 Å². The van der Waals surface area contributed by atoms with E-state index in [0.717, 1.165) is 11.3 Å². The quantitative estimate of drug-likeness (QED) is 0.239. The van der Waals surface area contributed by atoms with E-state index in [1.54, 1.807) is 0 Å². The number of hydrogen-bond acceptors (Lipinski definition) is 6. The molecule has 0 saturated carbocycles. The molecule has 150 valence electrons. The van der Waals surface area contributed by atoms with E-state index in [2.05, 4.69) is 13.9 Å². The predicted molar refractivity (Wildman–Crippen MR) is 103 cm³/mol. The molecule has 2 unspecified atom stereocenters. The first-order valence-corrected chi connectivity index (χ1v) is 11.4. The van der Waals surface area contributed by atoms with E-state index in [1.807, 2.05) is 24.3 Å². The second kappa shape index (κ2) is 12.3. The van der Waals surface area contributed by atoms with Crippen molar-refractivity contribution in [3.05, 3.63) is 29.8 Å². The van der Waals surface area contributed by atoms with Gasteiger partial charge in [-0.1, -0.05) is 12.1 Å². The molecule has 0 spiro atoms. The third kappa shape index (κ3) is 9.18. The van der Waals surface area contributed by atoms with Crippen LogP contribution in [-0.2, 0) is 24.6 Å². The van der Waals surface area contributed by atoms with Gasteiger partial charge in [-0.2, -0.15) is 0 Å². The van der Waals surface area contributed by atoms with E-state index in [9.17, 15) is 14.2 Å². The molecule has 0 radical (unpaired) electrons. The van der Waals surface area contributed by atoms with E-state index in [1.165, 1.54) is 0 Å². The highest BCUT2D eigenvalue weighted by Gasteiger charge is 2.33. The summed E-state index contributed by atoms with van der Waals surface area (Å²) in [5.41, 5.74) is 1.93. The van der Waals surface area contributed by atoms with Crippen LogP contribution in [0.15, 0.2) is 24.3 Å². The molecule has 0 aliphatic carbocycles. The SMILES string of the molecule is O=[PH](O)OC(O)(CCCc1ccc(N(CCCl)CCCl)cc1)O[PH](=O)O. The number of hydrogen-bond donors (Lipinski definition) is 3. The van der Waals surface area contributed by atoms with Crippen LogP contribution in [0.4, 0.5) is 5.69 Å². The van der Waals surface area contributed by atoms with Gasteiger partial charge < -0.3 is 19.8 Å². The van der Waals surface area contributed by atoms with Gasteiger partial charge in [-0.15, -0.1) is 23.2 Å². The van der Waals surface area contributed by atoms with Gasteiger partial charge in [0.1, 0.15) is 0 Å². The summed E-state index contributed by atoms with van der Waals surface area (Å²) >= 11 is 11.6. The number of aliphatic hydroxyl groups is 1. The normalized spacial score (nSPS) is 16.0. The van der Waals surface area contributed by atoms with Crippen molar-refractivity contribution in [1.82, 2.24) is 0 Å². The van der Waals surface area contributed by atoms with Crippen molar-refractivity contribution in [3.63, 3.8) is 0 Å². The number of aryl methyl sites for hydroxylation is 1. The first-order chi connectivity index (χ1) is 12.3. The summed E-state index contributed by atoms with van der Waals surface area (Å²) in [5.74, 6) is -1.59. The molecule has 0 aromatic heterocycles. The molecule has 0 aliphatic heterocycles. The molecule has 3 N–H and O–H groups in total. The highest BCUT2D eigenvalue weighted by Crippen LogP contribution is 2.35. The van der Waals surface area contributed by atoms with Gasteiger partial charge in [0, 0.05) is 37.0 Å². The summed E-state index contributed by atoms with van der Waals surface area (Å²) in [6, 6.07) is 7.64. The largest absolute Gasteiger partial charge is 0.369 e. The molecule has 2 atom stereocenters. The number of alkyl halides is 2. The molecule has 0 bridgehead atoms. The van der Waals surface area contributed by atoms with Crippen LogP contribution in [0.25, 0.3) is 0 Å². The van der Waals surface area contributed by atoms with Crippen molar-refractivity contribution in [1.29, 1.82) is 0 Å². The van der Waals surface area contributed by atoms with Gasteiger partial charge >= 0.3 is 16.5 Å². The zero-order valence-electron chi connectivity index (χ0n) is 13.9. The molecular weight excluding hydrogens is 427 g/mol. The van der Waals surface area contributed by atoms with Crippen LogP contribution in [0.2, 0.25) is 0 Å². The van der Waals surface area contributed by atoms with Gasteiger partial charge in [0.2, 0.25) is 0 Å². The van der Waals surface area contributed by atoms with E-state index in [-0.39, 0.29) is 6.42 Å². The van der Waals surface area contributed by atoms with Gasteiger partial charge in [0.25, 0.3) is 5.97 Å². The van der Waals surface area contributed by atoms with Gasteiger partial charge in [-0.05, 0) is 30.5 Å². The monoisotopic (exact) mass is 449 g/mol. The highest BCUT2D eigenvalue weighted by molar-refractivity contribution is 7.33. The average Bonchev–Trinajstić information content (AvgIpc) is 2.53. The lowest BCUT2D eigenvalue weighted by Crippen LogP contribution is -2.31. The second-order valence-electron chi connectivity index (χ2n) is 5.33. The molecule has 1 aromatic carbocycles. The minimum absolute atomic E-state index is 0.243. The van der Waals surface area contributed by atoms with Crippen molar-refractivity contribution in [3.8, 4) is 0 Å². The lowest BCUT2D eigenvalue weighted by molar-refractivity contribution is -0.277. The Balaban J connectivity index is 2.63. The summed E-state index contributed by atoms with van der Waals surface area (Å²) in [6.07, 6.45) is 0.555. The maximum Gasteiger partial charge on any atom is 0.320 e. The summed E-state index contributed by atoms with van der Waals surface area (Å²) < 4.78 is 30.2. The summed E-state index contributed by atoms with van der Waals surface area (Å²) in [6.45, 7) is 1.35. The van der Waals surface area contributed by atoms with Crippen molar-refractivity contribution in [2.24, 2.45) is 0 Å². The Morgan fingerprint density at radius 1 is 1.00 bits per heavy atom. The minimum Gasteiger partial charge on any atom is -0.369 e. The number of anilines is 1. The first-order valence-electron chi connectivity index (χ1n) is 7.81. The van der Waals surface area contributed by atoms with Gasteiger partial charge in [-0.25, -0.2) is 0 Å². The standard InChI is InChI=1S/C14H23Cl2NO7P2/c15-8-10-17(11-9-16)13-5-3-12(4-6-13)2-1-7-14(18,23-25(19)20)24-26(21)22/h3-6,18,25-26H,1-2,7-11H2,(H,19,20)(H,21,22). The topological polar surface area (TPSA) is 117 Å². The van der Waals surface area contributed by atoms with Crippen LogP contribution < -0.4 is 4.90 Å². The van der Waals surface area contributed by atoms with Crippen molar-refractivity contribution in [2.45, 2.75) is 25.2 Å². The fourth-order valence-electron chi connectivity index (χ4n) is 2.36. The van der Waals surface area contributed by atoms with Crippen LogP contribution in [-0.4, -0.2) is 45.7 Å². The van der Waals surface area contributed by atoms with Crippen LogP contribution in [0.3, 0.4) is 0 Å². The van der Waals surface area contributed by atoms with E-state index in [4.69, 9.17) is 33.0 Å². The van der Waals surface area contributed by atoms with Crippen molar-refractivity contribution < 1.29 is 33.1 Å². The Bertz CT molecular complexity index is 569. The molecule has 0 heterocycles. The van der Waals surface area contributed by atoms with Crippen molar-refractivity contribution >= 4 is 45.4 Å². The molecule has 8 nitrogen and oxygen atoms in total. The van der Waals surface area contributed by atoms with Crippen LogP contribution in [0, 0.1) is 0 Å². The van der Waals surface area contributed by atoms with E-state index < -0.39 is 22.5 Å². The lowest BCUT2D eigenvalue weighted by Gasteiger charge is -2.25. The zero-order chi connectivity index (χ0) is 19.6. The van der Waals surface area contributed by atoms with Crippen molar-refractivity contribution in [2.75, 3.05) is 29.7 Å². The lowest BCUT2D eigenvalue weighted by atomic mass is 10.1. The van der Waals surface area contributed by atoms with Crippen LogP contribution >= 0.6 is 39.7 Å². The average molecular weight is 450 g/mol. The molecule has 0 saturated heterocycles. The summed E-state index contributed by atoms with van der Waals surface area (Å²) in [4.78, 5) is 19.6. The van der Waals surface area contributed by atoms with E-state index in [0.29, 0.717) is 37.7 Å². The molecular formula is C14H23Cl2NO7P2. The molecule has 12 heteroatoms. The third-order valence-corrected chi connectivity index (χ3v) is 4.79. The Morgan fingerprint density at radius 3 is 1.92 bits per heavy atom. The maximum atomic E-state index is 10.8. The third-order valence-electron chi connectivity index (χ3n) is 3.46. The molecule has 26 heavy (non-hydrogen) atoms. The Hall–Kier alpha value is -0.140. The minimum atomic E-state index is -3.54. The van der Waals surface area contributed by atoms with E-state index >= 15 is 0 Å². The van der Waals surface area contributed by atoms with Crippen LogP contribution in [0.1, 0.15) is 18.4 Å². The molecule has 1 aromatic rings. The fourth-order valence-corrected chi connectivity index (χ4v) is 3.68. The smallest absolute Gasteiger partial charge is 0.320 e. The number of nitrogens with zero attached hydrogens (tertiary/aromatic N) is 1. The number of rotatable bonds is 13. The summed E-state index contributed by atoms with van der Waals surface area (Å²) in [7, 11) is -7.08. The summed E-state index contributed by atoms with van der Waals surface area (Å²) in [5, 5.41) is 9.92. The predicted octanol–water partition coefficient (Wildman–Crippen LogP) is 2.74. The molecule has 1 rings (SSSR count). The number of halogens is 2. The second-order valence-corrected chi connectivity index (χ2v) is 7.56. The first kappa shape index (κ1) is 23.9. The van der Waals surface area contributed by atoms with Crippen LogP contribution in [0.5, 0.6) is 0 Å². The molecule has 0 aliphatic rings. The zero-order valence-corrected chi connectivity index (χ0v) is 17.4. The van der Waals surface area contributed by atoms with Gasteiger partial charge in [0.15, 0.2) is 0 Å². The molecule has 0 amide bonds. The highest BCUT2D eigenvalue weighted by atomic mass is 35.5. The number of benzene rings is 1.